The molecule has 0 amide bonds. The van der Waals surface area contributed by atoms with Crippen molar-refractivity contribution in [1.82, 2.24) is 0 Å². The van der Waals surface area contributed by atoms with E-state index in [2.05, 4.69) is 20.8 Å². The van der Waals surface area contributed by atoms with E-state index in [4.69, 9.17) is 0 Å². The molecule has 1 unspecified atom stereocenters. The molecule has 0 aromatic carbocycles. The van der Waals surface area contributed by atoms with Crippen molar-refractivity contribution < 1.29 is 14.7 Å². The summed E-state index contributed by atoms with van der Waals surface area (Å²) in [7, 11) is 0. The minimum atomic E-state index is -0.374. The Bertz CT molecular complexity index is 555. The number of Topliss-reactive ketones (excluding diaryl/α,β-unsaturated/α-hetero) is 2. The minimum Gasteiger partial charge on any atom is -0.393 e. The molecule has 4 aliphatic rings. The molecule has 0 saturated heterocycles. The Hall–Kier alpha value is -0.700. The Labute approximate surface area is 139 Å². The van der Waals surface area contributed by atoms with Crippen LogP contribution in [0.4, 0.5) is 0 Å². The highest BCUT2D eigenvalue weighted by molar-refractivity contribution is 5.95. The van der Waals surface area contributed by atoms with Gasteiger partial charge in [-0.25, -0.2) is 0 Å². The molecule has 128 valence electrons. The summed E-state index contributed by atoms with van der Waals surface area (Å²) >= 11 is 0. The van der Waals surface area contributed by atoms with Crippen LogP contribution in [-0.4, -0.2) is 22.8 Å². The molecule has 0 aromatic heterocycles. The van der Waals surface area contributed by atoms with Crippen molar-refractivity contribution >= 4 is 11.6 Å². The fourth-order valence-corrected chi connectivity index (χ4v) is 7.19. The molecular weight excluding hydrogens is 288 g/mol. The van der Waals surface area contributed by atoms with E-state index in [0.29, 0.717) is 42.2 Å². The number of hydrogen-bond acceptors (Lipinski definition) is 3. The predicted molar refractivity (Wildman–Crippen MR) is 87.7 cm³/mol. The number of carbonyl (C=O) groups excluding carboxylic acids is 2. The van der Waals surface area contributed by atoms with Crippen molar-refractivity contribution in [2.75, 3.05) is 0 Å². The van der Waals surface area contributed by atoms with E-state index in [1.54, 1.807) is 0 Å². The van der Waals surface area contributed by atoms with Crippen molar-refractivity contribution in [2.24, 2.45) is 40.4 Å². The fourth-order valence-electron chi connectivity index (χ4n) is 7.19. The molecule has 23 heavy (non-hydrogen) atoms. The summed E-state index contributed by atoms with van der Waals surface area (Å²) in [6.45, 7) is 6.50. The Morgan fingerprint density at radius 1 is 1.13 bits per heavy atom. The molecule has 1 N–H and O–H groups in total. The van der Waals surface area contributed by atoms with E-state index in [1.165, 1.54) is 0 Å². The monoisotopic (exact) mass is 318 g/mol. The van der Waals surface area contributed by atoms with Crippen molar-refractivity contribution in [3.8, 4) is 0 Å². The van der Waals surface area contributed by atoms with E-state index >= 15 is 0 Å². The van der Waals surface area contributed by atoms with E-state index in [0.717, 1.165) is 32.1 Å². The van der Waals surface area contributed by atoms with Crippen LogP contribution in [-0.2, 0) is 9.59 Å². The summed E-state index contributed by atoms with van der Waals surface area (Å²) in [5.41, 5.74) is -0.340. The summed E-state index contributed by atoms with van der Waals surface area (Å²) in [5.74, 6) is 2.37. The van der Waals surface area contributed by atoms with Gasteiger partial charge in [0.25, 0.3) is 0 Å². The van der Waals surface area contributed by atoms with E-state index < -0.39 is 0 Å². The highest BCUT2D eigenvalue weighted by Gasteiger charge is 2.63. The number of ketones is 2. The number of carbonyl (C=O) groups is 2. The summed E-state index contributed by atoms with van der Waals surface area (Å²) in [6.07, 6.45) is 5.94. The number of aliphatic hydroxyl groups excluding tert-OH is 1. The molecule has 0 radical (unpaired) electrons. The summed E-state index contributed by atoms with van der Waals surface area (Å²) in [5, 5.41) is 10.3. The predicted octanol–water partition coefficient (Wildman–Crippen LogP) is 3.38. The molecule has 0 heterocycles. The van der Waals surface area contributed by atoms with E-state index in [9.17, 15) is 14.7 Å². The maximum absolute atomic E-state index is 13.2. The Balaban J connectivity index is 1.71. The molecule has 0 bridgehead atoms. The Morgan fingerprint density at radius 2 is 1.87 bits per heavy atom. The largest absolute Gasteiger partial charge is 0.393 e. The summed E-state index contributed by atoms with van der Waals surface area (Å²) in [6, 6.07) is 0. The second kappa shape index (κ2) is 4.91. The van der Waals surface area contributed by atoms with Gasteiger partial charge in [-0.3, -0.25) is 9.59 Å². The van der Waals surface area contributed by atoms with Gasteiger partial charge in [0.2, 0.25) is 0 Å². The summed E-state index contributed by atoms with van der Waals surface area (Å²) < 4.78 is 0. The molecule has 4 aliphatic carbocycles. The molecule has 0 aliphatic heterocycles. The third kappa shape index (κ3) is 1.98. The maximum atomic E-state index is 13.2. The van der Waals surface area contributed by atoms with Crippen LogP contribution in [0.15, 0.2) is 0 Å². The molecular formula is C20H30O3. The molecule has 3 nitrogen and oxygen atoms in total. The zero-order chi connectivity index (χ0) is 16.6. The van der Waals surface area contributed by atoms with Crippen LogP contribution in [0.5, 0.6) is 0 Å². The Kier molecular flexibility index (Phi) is 3.37. The third-order valence-electron chi connectivity index (χ3n) is 8.41. The van der Waals surface area contributed by atoms with Gasteiger partial charge < -0.3 is 5.11 Å². The van der Waals surface area contributed by atoms with Gasteiger partial charge in [-0.05, 0) is 61.2 Å². The standard InChI is InChI=1S/C20H30O3/c1-11-9-19(2)12(8-15(11)21)4-5-13-14-6-7-17(23)20(14,3)10-16(22)18(13)19/h11-15,18,21H,4-10H2,1-3H3/t11-,12+,13+,14+,15?,18-,19+,20+/m1/s1. The van der Waals surface area contributed by atoms with Gasteiger partial charge in [0.05, 0.1) is 6.10 Å². The van der Waals surface area contributed by atoms with Crippen LogP contribution < -0.4 is 0 Å². The third-order valence-corrected chi connectivity index (χ3v) is 8.41. The minimum absolute atomic E-state index is 0.0333. The summed E-state index contributed by atoms with van der Waals surface area (Å²) in [4.78, 5) is 25.6. The van der Waals surface area contributed by atoms with Gasteiger partial charge in [0.1, 0.15) is 11.6 Å². The first-order valence-corrected chi connectivity index (χ1v) is 9.51. The Morgan fingerprint density at radius 3 is 2.61 bits per heavy atom. The smallest absolute Gasteiger partial charge is 0.139 e. The molecule has 3 heteroatoms. The van der Waals surface area contributed by atoms with Crippen LogP contribution in [0, 0.1) is 40.4 Å². The lowest BCUT2D eigenvalue weighted by molar-refractivity contribution is -0.166. The SMILES string of the molecule is C[C@@H]1C[C@@]2(C)[C@@H](CC[C@@H]3[C@@H]2C(=O)C[C@]2(C)C(=O)CC[C@@H]32)CC1O. The van der Waals surface area contributed by atoms with Gasteiger partial charge in [-0.1, -0.05) is 20.8 Å². The van der Waals surface area contributed by atoms with Gasteiger partial charge >= 0.3 is 0 Å². The molecule has 4 rings (SSSR count). The molecule has 0 spiro atoms. The molecule has 4 saturated carbocycles. The first kappa shape index (κ1) is 15.8. The number of rotatable bonds is 0. The van der Waals surface area contributed by atoms with E-state index in [1.807, 2.05) is 0 Å². The molecule has 4 fully saturated rings. The van der Waals surface area contributed by atoms with Gasteiger partial charge in [-0.2, -0.15) is 0 Å². The van der Waals surface area contributed by atoms with Crippen molar-refractivity contribution in [2.45, 2.75) is 71.8 Å². The number of aliphatic hydroxyl groups is 1. The van der Waals surface area contributed by atoms with Crippen LogP contribution >= 0.6 is 0 Å². The van der Waals surface area contributed by atoms with Crippen molar-refractivity contribution in [3.63, 3.8) is 0 Å². The molecule has 8 atom stereocenters. The average molecular weight is 318 g/mol. The van der Waals surface area contributed by atoms with E-state index in [-0.39, 0.29) is 28.8 Å². The van der Waals surface area contributed by atoms with Crippen molar-refractivity contribution in [3.05, 3.63) is 0 Å². The zero-order valence-corrected chi connectivity index (χ0v) is 14.7. The van der Waals surface area contributed by atoms with Gasteiger partial charge in [-0.15, -0.1) is 0 Å². The lowest BCUT2D eigenvalue weighted by Crippen LogP contribution is -2.58. The van der Waals surface area contributed by atoms with Crippen LogP contribution in [0.1, 0.15) is 65.7 Å². The number of fused-ring (bicyclic) bond motifs is 5. The molecule has 0 aromatic rings. The maximum Gasteiger partial charge on any atom is 0.139 e. The number of hydrogen-bond donors (Lipinski definition) is 1. The topological polar surface area (TPSA) is 54.4 Å². The van der Waals surface area contributed by atoms with Crippen molar-refractivity contribution in [1.29, 1.82) is 0 Å². The quantitative estimate of drug-likeness (QED) is 0.745. The highest BCUT2D eigenvalue weighted by atomic mass is 16.3. The second-order valence-electron chi connectivity index (χ2n) is 9.53. The first-order valence-electron chi connectivity index (χ1n) is 9.51. The second-order valence-corrected chi connectivity index (χ2v) is 9.53. The lowest BCUT2D eigenvalue weighted by atomic mass is 9.44. The van der Waals surface area contributed by atoms with Crippen LogP contribution in [0.2, 0.25) is 0 Å². The fraction of sp³-hybridized carbons (Fsp3) is 0.900. The zero-order valence-electron chi connectivity index (χ0n) is 14.7. The highest BCUT2D eigenvalue weighted by Crippen LogP contribution is 2.64. The van der Waals surface area contributed by atoms with Gasteiger partial charge in [0, 0.05) is 24.2 Å². The van der Waals surface area contributed by atoms with Crippen LogP contribution in [0.25, 0.3) is 0 Å². The van der Waals surface area contributed by atoms with Crippen LogP contribution in [0.3, 0.4) is 0 Å². The van der Waals surface area contributed by atoms with Gasteiger partial charge in [0.15, 0.2) is 0 Å². The average Bonchev–Trinajstić information content (AvgIpc) is 2.76. The first-order chi connectivity index (χ1) is 10.8. The lowest BCUT2D eigenvalue weighted by Gasteiger charge is -2.59. The normalized spacial score (nSPS) is 56.0.